The highest BCUT2D eigenvalue weighted by Gasteiger charge is 2.19. The number of anilines is 5. The third kappa shape index (κ3) is 44.1. The van der Waals surface area contributed by atoms with E-state index in [2.05, 4.69) is 41.5 Å². The number of nitrogens with zero attached hydrogens (tertiary/aromatic N) is 6. The second-order valence-corrected chi connectivity index (χ2v) is 31.5. The molecule has 3 heterocycles. The zero-order chi connectivity index (χ0) is 96.7. The molecule has 0 fully saturated rings. The lowest BCUT2D eigenvalue weighted by Crippen LogP contribution is -2.30. The second-order valence-electron chi connectivity index (χ2n) is 28.8. The summed E-state index contributed by atoms with van der Waals surface area (Å²) in [6.45, 7) is 4.80. The first-order valence-electron chi connectivity index (χ1n) is 41.4. The van der Waals surface area contributed by atoms with Crippen LogP contribution < -0.4 is 55.3 Å². The standard InChI is InChI=1S/C21H24N4O2S.C16H16N2O4.C16H18N2O3.C16H20N2O.C8H10N2O2.C8H8O3.2C5H6N2O2S/c22-21-25-18(14-28-21)12-20(27)24-17-8-6-15(7-9-17)10-11-23-13-19(26)16-4-2-1-3-5-16;19-15(13-4-2-1-3-5-13)16(20)17-11-10-12-6-8-14(9-7-12)18(21)22;19-16(14-4-2-1-3-5-14)12-17-11-10-13-6-8-15(9-7-13)18(20)21;17-15-8-6-13(7-9-15)10-11-18-12-16(19)14-4-2-1-3-5-14;9-6-5-7-1-3-8(4-2-7)10(11)12;9-7(8(10)11)6-4-2-1-3-5-6;2*6-5-7-3(2-10-5)1-4(8)9/h1-9,14,19,23,26H,10-13H2,(H2,22,25)(H,24,27);1-9,15,19H,10-11H2,(H,17,20);1-9,16-17,19H,10-12H2;1-9,16,18-19H,10-12,17H2;1-4H,5-6,9H2;1-5,7,9H,(H,10,11);2*2H,1H2,(H2,6,7)(H,8,9)/t19-;15-;2*16-;;7-;;/m0100.1../s1. The van der Waals surface area contributed by atoms with Gasteiger partial charge in [-0.1, -0.05) is 212 Å². The Morgan fingerprint density at radius 2 is 0.632 bits per heavy atom. The second kappa shape index (κ2) is 60.4. The summed E-state index contributed by atoms with van der Waals surface area (Å²) in [5.74, 6) is -3.57. The molecule has 0 saturated heterocycles. The summed E-state index contributed by atoms with van der Waals surface area (Å²) in [6.07, 6.45) is -0.139. The number of thiazole rings is 3. The highest BCUT2D eigenvalue weighted by Crippen LogP contribution is 2.22. The Balaban J connectivity index is 0.000000240. The lowest BCUT2D eigenvalue weighted by molar-refractivity contribution is -0.385. The number of nitrogen functional groups attached to an aromatic ring is 4. The fraction of sp³-hybridized carbons (Fsp3) is 0.221. The predicted molar refractivity (Wildman–Crippen MR) is 515 cm³/mol. The molecule has 0 radical (unpaired) electrons. The van der Waals surface area contributed by atoms with Crippen molar-refractivity contribution in [3.05, 3.63) is 392 Å². The van der Waals surface area contributed by atoms with Crippen LogP contribution in [0.25, 0.3) is 0 Å². The maximum atomic E-state index is 12.0. The third-order valence-corrected chi connectivity index (χ3v) is 20.7. The molecule has 0 aliphatic carbocycles. The van der Waals surface area contributed by atoms with Crippen LogP contribution in [0.2, 0.25) is 0 Å². The molecule has 13 rings (SSSR count). The molecule has 0 aliphatic rings. The van der Waals surface area contributed by atoms with Crippen molar-refractivity contribution in [2.24, 2.45) is 5.73 Å². The van der Waals surface area contributed by atoms with E-state index in [0.717, 1.165) is 89.1 Å². The van der Waals surface area contributed by atoms with Crippen LogP contribution in [0.15, 0.2) is 289 Å². The number of aliphatic hydroxyl groups excluding tert-OH is 5. The molecule has 0 unspecified atom stereocenters. The zero-order valence-electron chi connectivity index (χ0n) is 72.3. The molecule has 2 amide bonds. The lowest BCUT2D eigenvalue weighted by atomic mass is 10.1. The number of nitro groups is 3. The van der Waals surface area contributed by atoms with Gasteiger partial charge in [-0.05, 0) is 138 Å². The van der Waals surface area contributed by atoms with Gasteiger partial charge in [-0.25, -0.2) is 19.7 Å². The Labute approximate surface area is 779 Å². The summed E-state index contributed by atoms with van der Waals surface area (Å²) in [6, 6.07) is 80.5. The van der Waals surface area contributed by atoms with Crippen molar-refractivity contribution in [1.82, 2.24) is 36.2 Å². The molecule has 38 heteroatoms. The molecule has 35 nitrogen and oxygen atoms in total. The zero-order valence-corrected chi connectivity index (χ0v) is 74.7. The quantitative estimate of drug-likeness (QED) is 0.00744. The molecule has 10 aromatic carbocycles. The largest absolute Gasteiger partial charge is 0.481 e. The number of amides is 2. The average Bonchev–Trinajstić information content (AvgIpc) is 1.52. The van der Waals surface area contributed by atoms with Gasteiger partial charge in [0.1, 0.15) is 0 Å². The predicted octanol–water partition coefficient (Wildman–Crippen LogP) is 12.0. The molecule has 133 heavy (non-hydrogen) atoms. The van der Waals surface area contributed by atoms with Crippen molar-refractivity contribution in [2.45, 2.75) is 81.9 Å². The van der Waals surface area contributed by atoms with Crippen LogP contribution in [-0.2, 0) is 75.3 Å². The van der Waals surface area contributed by atoms with Crippen LogP contribution >= 0.6 is 34.0 Å². The number of aliphatic carboxylic acids is 3. The van der Waals surface area contributed by atoms with Gasteiger partial charge in [0.25, 0.3) is 23.0 Å². The number of aliphatic hydroxyl groups is 5. The number of hydrogen-bond donors (Lipinski definition) is 18. The van der Waals surface area contributed by atoms with Crippen molar-refractivity contribution in [1.29, 1.82) is 0 Å². The number of benzene rings is 10. The summed E-state index contributed by atoms with van der Waals surface area (Å²) >= 11 is 3.83. The maximum absolute atomic E-state index is 12.0. The number of carboxylic acids is 3. The van der Waals surface area contributed by atoms with Crippen LogP contribution in [0.4, 0.5) is 43.8 Å². The van der Waals surface area contributed by atoms with Crippen molar-refractivity contribution in [3.8, 4) is 0 Å². The van der Waals surface area contributed by atoms with Gasteiger partial charge in [-0.2, -0.15) is 0 Å². The van der Waals surface area contributed by atoms with Gasteiger partial charge in [-0.15, -0.1) is 34.0 Å². The Morgan fingerprint density at radius 3 is 0.917 bits per heavy atom. The van der Waals surface area contributed by atoms with E-state index in [-0.39, 0.29) is 42.2 Å². The lowest BCUT2D eigenvalue weighted by Gasteiger charge is -2.12. The number of carboxylic acid groups (broad SMARTS) is 3. The van der Waals surface area contributed by atoms with Gasteiger partial charge in [0.05, 0.1) is 69.4 Å². The first-order chi connectivity index (χ1) is 63.9. The first kappa shape index (κ1) is 107. The number of nitrogens with two attached hydrogens (primary N) is 5. The normalized spacial score (nSPS) is 11.4. The van der Waals surface area contributed by atoms with E-state index < -0.39 is 69.1 Å². The molecule has 23 N–H and O–H groups in total. The molecule has 0 spiro atoms. The molecule has 700 valence electrons. The molecule has 0 saturated carbocycles. The Morgan fingerprint density at radius 1 is 0.353 bits per heavy atom. The molecule has 3 aromatic heterocycles. The molecule has 13 aromatic rings. The number of carbonyl (C=O) groups is 5. The molecule has 5 atom stereocenters. The average molecular weight is 1870 g/mol. The van der Waals surface area contributed by atoms with Crippen LogP contribution in [0.3, 0.4) is 0 Å². The molecular weight excluding hydrogens is 1770 g/mol. The number of nitro benzene ring substituents is 3. The number of aromatic nitrogens is 3. The van der Waals surface area contributed by atoms with Crippen molar-refractivity contribution < 1.29 is 79.6 Å². The van der Waals surface area contributed by atoms with E-state index in [9.17, 15) is 74.7 Å². The minimum atomic E-state index is -1.41. The highest BCUT2D eigenvalue weighted by molar-refractivity contribution is 7.14. The van der Waals surface area contributed by atoms with Gasteiger partial charge >= 0.3 is 17.9 Å². The van der Waals surface area contributed by atoms with E-state index in [1.54, 1.807) is 107 Å². The van der Waals surface area contributed by atoms with E-state index in [1.165, 1.54) is 76.0 Å². The van der Waals surface area contributed by atoms with E-state index in [1.807, 2.05) is 146 Å². The molecule has 0 aliphatic heterocycles. The number of nitrogens with one attached hydrogen (secondary N) is 5. The third-order valence-electron chi connectivity index (χ3n) is 18.6. The van der Waals surface area contributed by atoms with E-state index in [0.29, 0.717) is 89.3 Å². The Kier molecular flexibility index (Phi) is 48.7. The van der Waals surface area contributed by atoms with Gasteiger partial charge < -0.3 is 96.1 Å². The first-order valence-corrected chi connectivity index (χ1v) is 44.0. The number of carbonyl (C=O) groups excluding carboxylic acids is 2. The van der Waals surface area contributed by atoms with Crippen LogP contribution in [0.1, 0.15) is 103 Å². The Hall–Kier alpha value is -14.5. The smallest absolute Gasteiger partial charge is 0.337 e. The number of rotatable bonds is 37. The van der Waals surface area contributed by atoms with Crippen LogP contribution in [0, 0.1) is 30.3 Å². The molecular formula is C95H108N16O19S3. The fourth-order valence-electron chi connectivity index (χ4n) is 11.6. The summed E-state index contributed by atoms with van der Waals surface area (Å²) < 4.78 is 0. The van der Waals surface area contributed by atoms with Crippen molar-refractivity contribution in [3.63, 3.8) is 0 Å². The van der Waals surface area contributed by atoms with Crippen LogP contribution in [0.5, 0.6) is 0 Å². The van der Waals surface area contributed by atoms with E-state index in [4.69, 9.17) is 49.1 Å². The topological polar surface area (TPSA) is 606 Å². The van der Waals surface area contributed by atoms with Crippen LogP contribution in [-0.4, -0.2) is 153 Å². The maximum Gasteiger partial charge on any atom is 0.337 e. The minimum absolute atomic E-state index is 0.0345. The van der Waals surface area contributed by atoms with Gasteiger partial charge in [0, 0.05) is 90.1 Å². The fourth-order valence-corrected chi connectivity index (χ4v) is 13.3. The number of non-ortho nitro benzene ring substituents is 3. The summed E-state index contributed by atoms with van der Waals surface area (Å²) in [5.41, 5.74) is 39.6. The van der Waals surface area contributed by atoms with Gasteiger partial charge in [0.2, 0.25) is 5.91 Å². The van der Waals surface area contributed by atoms with Crippen molar-refractivity contribution >= 4 is 108 Å². The van der Waals surface area contributed by atoms with E-state index >= 15 is 0 Å². The van der Waals surface area contributed by atoms with Crippen molar-refractivity contribution in [2.75, 3.05) is 80.6 Å². The minimum Gasteiger partial charge on any atom is -0.481 e. The van der Waals surface area contributed by atoms with Gasteiger partial charge in [-0.3, -0.25) is 49.5 Å². The summed E-state index contributed by atoms with van der Waals surface area (Å²) in [4.78, 5) is 96.0. The SMILES string of the molecule is NCCc1ccc([N+](=O)[O-])cc1.Nc1ccc(CCNC[C@H](O)c2ccccc2)cc1.Nc1nc(CC(=O)Nc2ccc(CCNC[C@H](O)c3ccccc3)cc2)cs1.Nc1nc(CC(=O)O)cs1.Nc1nc(CC(=O)O)cs1.O=C(NCCc1ccc([N+](=O)[O-])cc1)[C@H](O)c1ccccc1.O=C(O)[C@H](O)c1ccccc1.O=[N+]([O-])c1ccc(CCNC[C@H](O)c2ccccc2)cc1. The van der Waals surface area contributed by atoms with Gasteiger partial charge in [0.15, 0.2) is 27.6 Å². The molecule has 0 bridgehead atoms. The monoisotopic (exact) mass is 1870 g/mol. The summed E-state index contributed by atoms with van der Waals surface area (Å²) in [7, 11) is 0. The summed E-state index contributed by atoms with van der Waals surface area (Å²) in [5, 5.41) is 127. The highest BCUT2D eigenvalue weighted by atomic mass is 32.1. The Bertz CT molecular complexity index is 5520. The number of hydrogen-bond acceptors (Lipinski definition) is 30.